The Morgan fingerprint density at radius 1 is 0.889 bits per heavy atom. The number of aliphatic hydroxyl groups is 1. The molecule has 1 aliphatic rings. The summed E-state index contributed by atoms with van der Waals surface area (Å²) in [7, 11) is 0. The van der Waals surface area contributed by atoms with Crippen molar-refractivity contribution >= 4 is 0 Å². The molecular weight excluding hydrogens is 224 g/mol. The van der Waals surface area contributed by atoms with Crippen molar-refractivity contribution in [1.82, 2.24) is 9.80 Å². The normalized spacial score (nSPS) is 18.3. The molecule has 0 aromatic heterocycles. The Kier molecular flexibility index (Phi) is 9.70. The van der Waals surface area contributed by atoms with Crippen LogP contribution in [0.4, 0.5) is 0 Å². The Morgan fingerprint density at radius 3 is 1.72 bits per heavy atom. The van der Waals surface area contributed by atoms with Gasteiger partial charge in [0.25, 0.3) is 0 Å². The molecule has 18 heavy (non-hydrogen) atoms. The fraction of sp³-hybridized carbons (Fsp3) is 1.00. The van der Waals surface area contributed by atoms with Crippen LogP contribution in [0.3, 0.4) is 0 Å². The number of hydrogen-bond acceptors (Lipinski definition) is 3. The van der Waals surface area contributed by atoms with Gasteiger partial charge in [0.05, 0.1) is 6.61 Å². The van der Waals surface area contributed by atoms with Gasteiger partial charge >= 0.3 is 0 Å². The molecule has 1 saturated heterocycles. The predicted octanol–water partition coefficient (Wildman–Crippen LogP) is 2.45. The van der Waals surface area contributed by atoms with E-state index in [0.717, 1.165) is 19.6 Å². The van der Waals surface area contributed by atoms with Crippen molar-refractivity contribution in [2.45, 2.75) is 47.5 Å². The van der Waals surface area contributed by atoms with Gasteiger partial charge in [-0.15, -0.1) is 0 Å². The summed E-state index contributed by atoms with van der Waals surface area (Å²) < 4.78 is 0. The molecule has 0 saturated carbocycles. The molecule has 0 radical (unpaired) electrons. The van der Waals surface area contributed by atoms with E-state index in [0.29, 0.717) is 12.0 Å². The summed E-state index contributed by atoms with van der Waals surface area (Å²) in [5.41, 5.74) is 0.471. The predicted molar refractivity (Wildman–Crippen MR) is 80.0 cm³/mol. The highest BCUT2D eigenvalue weighted by atomic mass is 16.3. The number of nitrogens with zero attached hydrogens (tertiary/aromatic N) is 2. The van der Waals surface area contributed by atoms with Crippen molar-refractivity contribution in [3.8, 4) is 0 Å². The Balaban J connectivity index is 0.00000137. The lowest BCUT2D eigenvalue weighted by Crippen LogP contribution is -2.47. The molecule has 0 atom stereocenters. The van der Waals surface area contributed by atoms with E-state index in [9.17, 15) is 0 Å². The molecule has 3 nitrogen and oxygen atoms in total. The number of hydrogen-bond donors (Lipinski definition) is 1. The minimum Gasteiger partial charge on any atom is -0.395 e. The van der Waals surface area contributed by atoms with E-state index in [1.54, 1.807) is 0 Å². The first-order chi connectivity index (χ1) is 8.51. The highest BCUT2D eigenvalue weighted by Gasteiger charge is 2.16. The molecule has 110 valence electrons. The molecular formula is C15H34N2O. The van der Waals surface area contributed by atoms with Crippen molar-refractivity contribution in [3.05, 3.63) is 0 Å². The summed E-state index contributed by atoms with van der Waals surface area (Å²) in [6, 6.07) is 0. The number of aliphatic hydroxyl groups excluding tert-OH is 1. The van der Waals surface area contributed by atoms with Crippen molar-refractivity contribution in [3.63, 3.8) is 0 Å². The summed E-state index contributed by atoms with van der Waals surface area (Å²) in [4.78, 5) is 4.90. The molecule has 0 bridgehead atoms. The molecule has 0 aliphatic carbocycles. The lowest BCUT2D eigenvalue weighted by molar-refractivity contribution is 0.109. The van der Waals surface area contributed by atoms with Crippen molar-refractivity contribution in [1.29, 1.82) is 0 Å². The van der Waals surface area contributed by atoms with Gasteiger partial charge in [0.1, 0.15) is 0 Å². The fourth-order valence-electron chi connectivity index (χ4n) is 2.21. The topological polar surface area (TPSA) is 26.7 Å². The van der Waals surface area contributed by atoms with E-state index in [-0.39, 0.29) is 0 Å². The monoisotopic (exact) mass is 258 g/mol. The van der Waals surface area contributed by atoms with Gasteiger partial charge in [0, 0.05) is 32.7 Å². The maximum absolute atomic E-state index is 8.86. The average molecular weight is 258 g/mol. The molecule has 3 heteroatoms. The third kappa shape index (κ3) is 8.90. The number of piperazine rings is 1. The Bertz CT molecular complexity index is 181. The van der Waals surface area contributed by atoms with Gasteiger partial charge in [-0.1, -0.05) is 34.6 Å². The zero-order chi connectivity index (χ0) is 14.0. The molecule has 0 aromatic carbocycles. The maximum atomic E-state index is 8.86. The van der Waals surface area contributed by atoms with E-state index in [2.05, 4.69) is 30.6 Å². The molecule has 0 aromatic rings. The zero-order valence-electron chi connectivity index (χ0n) is 13.2. The average Bonchev–Trinajstić information content (AvgIpc) is 2.33. The standard InChI is InChI=1S/C13H28N2O.C2H6/c1-13(2,3)5-4-6-14-7-9-15(10-8-14)11-12-16;1-2/h16H,4-12H2,1-3H3;1-2H3. The maximum Gasteiger partial charge on any atom is 0.0558 e. The molecule has 1 fully saturated rings. The van der Waals surface area contributed by atoms with Crippen LogP contribution in [-0.2, 0) is 0 Å². The SMILES string of the molecule is CC.CC(C)(C)CCCN1CCN(CCO)CC1. The molecule has 1 rings (SSSR count). The lowest BCUT2D eigenvalue weighted by atomic mass is 9.90. The van der Waals surface area contributed by atoms with Gasteiger partial charge in [-0.3, -0.25) is 4.90 Å². The van der Waals surface area contributed by atoms with Crippen LogP contribution in [0.25, 0.3) is 0 Å². The van der Waals surface area contributed by atoms with Crippen LogP contribution in [0.5, 0.6) is 0 Å². The van der Waals surface area contributed by atoms with E-state index < -0.39 is 0 Å². The van der Waals surface area contributed by atoms with Crippen LogP contribution < -0.4 is 0 Å². The second kappa shape index (κ2) is 9.76. The van der Waals surface area contributed by atoms with Gasteiger partial charge in [0.15, 0.2) is 0 Å². The highest BCUT2D eigenvalue weighted by Crippen LogP contribution is 2.20. The van der Waals surface area contributed by atoms with Gasteiger partial charge in [-0.05, 0) is 24.8 Å². The van der Waals surface area contributed by atoms with Crippen LogP contribution >= 0.6 is 0 Å². The minimum absolute atomic E-state index is 0.296. The quantitative estimate of drug-likeness (QED) is 0.820. The molecule has 1 N–H and O–H groups in total. The van der Waals surface area contributed by atoms with Gasteiger partial charge in [0.2, 0.25) is 0 Å². The second-order valence-corrected chi connectivity index (χ2v) is 6.07. The van der Waals surface area contributed by atoms with E-state index in [1.165, 1.54) is 32.5 Å². The smallest absolute Gasteiger partial charge is 0.0558 e. The first-order valence-corrected chi connectivity index (χ1v) is 7.57. The van der Waals surface area contributed by atoms with Gasteiger partial charge < -0.3 is 10.0 Å². The fourth-order valence-corrected chi connectivity index (χ4v) is 2.21. The van der Waals surface area contributed by atoms with E-state index in [1.807, 2.05) is 13.8 Å². The minimum atomic E-state index is 0.296. The highest BCUT2D eigenvalue weighted by molar-refractivity contribution is 4.72. The van der Waals surface area contributed by atoms with Crippen molar-refractivity contribution in [2.75, 3.05) is 45.9 Å². The van der Waals surface area contributed by atoms with Crippen LogP contribution in [0.2, 0.25) is 0 Å². The Labute approximate surface area is 114 Å². The number of rotatable bonds is 5. The Morgan fingerprint density at radius 2 is 1.33 bits per heavy atom. The first kappa shape index (κ1) is 17.9. The summed E-state index contributed by atoms with van der Waals surface area (Å²) >= 11 is 0. The molecule has 1 aliphatic heterocycles. The van der Waals surface area contributed by atoms with Gasteiger partial charge in [-0.2, -0.15) is 0 Å². The summed E-state index contributed by atoms with van der Waals surface area (Å²) in [6.45, 7) is 17.9. The largest absolute Gasteiger partial charge is 0.395 e. The molecule has 0 amide bonds. The molecule has 0 spiro atoms. The third-order valence-electron chi connectivity index (χ3n) is 3.28. The molecule has 0 unspecified atom stereocenters. The third-order valence-corrected chi connectivity index (χ3v) is 3.28. The van der Waals surface area contributed by atoms with Crippen molar-refractivity contribution < 1.29 is 5.11 Å². The number of β-amino-alcohol motifs (C(OH)–C–C–N with tert-alkyl or cyclic N) is 1. The zero-order valence-corrected chi connectivity index (χ0v) is 13.2. The van der Waals surface area contributed by atoms with Crippen LogP contribution in [0.1, 0.15) is 47.5 Å². The van der Waals surface area contributed by atoms with Crippen molar-refractivity contribution in [2.24, 2.45) is 5.41 Å². The summed E-state index contributed by atoms with van der Waals surface area (Å²) in [5.74, 6) is 0. The lowest BCUT2D eigenvalue weighted by Gasteiger charge is -2.34. The first-order valence-electron chi connectivity index (χ1n) is 7.57. The van der Waals surface area contributed by atoms with E-state index >= 15 is 0 Å². The second-order valence-electron chi connectivity index (χ2n) is 6.07. The van der Waals surface area contributed by atoms with Crippen LogP contribution in [-0.4, -0.2) is 60.8 Å². The molecule has 1 heterocycles. The van der Waals surface area contributed by atoms with Gasteiger partial charge in [-0.25, -0.2) is 0 Å². The van der Waals surface area contributed by atoms with Crippen LogP contribution in [0.15, 0.2) is 0 Å². The van der Waals surface area contributed by atoms with E-state index in [4.69, 9.17) is 5.11 Å². The summed E-state index contributed by atoms with van der Waals surface area (Å²) in [5, 5.41) is 8.86. The Hall–Kier alpha value is -0.120. The summed E-state index contributed by atoms with van der Waals surface area (Å²) in [6.07, 6.45) is 2.62. The van der Waals surface area contributed by atoms with Crippen LogP contribution in [0, 0.1) is 5.41 Å².